The van der Waals surface area contributed by atoms with Crippen molar-refractivity contribution < 1.29 is 33.7 Å². The second-order valence-corrected chi connectivity index (χ2v) is 14.2. The molecule has 9 atom stereocenters. The molecule has 4 rings (SSSR count). The summed E-state index contributed by atoms with van der Waals surface area (Å²) in [5.41, 5.74) is -0.707. The van der Waals surface area contributed by atoms with Crippen molar-refractivity contribution in [2.75, 3.05) is 20.2 Å². The summed E-state index contributed by atoms with van der Waals surface area (Å²) in [7, 11) is 8.13. The predicted octanol–water partition coefficient (Wildman–Crippen LogP) is 4.05. The molecule has 1 N–H and O–H groups in total. The summed E-state index contributed by atoms with van der Waals surface area (Å²) < 4.78 is 20.0. The monoisotopic (exact) mass is 680 g/mol. The second-order valence-electron chi connectivity index (χ2n) is 14.2. The average Bonchev–Trinajstić information content (AvgIpc) is 3.65. The Morgan fingerprint density at radius 1 is 1.14 bits per heavy atom. The van der Waals surface area contributed by atoms with E-state index in [-0.39, 0.29) is 24.0 Å². The summed E-state index contributed by atoms with van der Waals surface area (Å²) in [5, 5.41) is 19.7. The summed E-state index contributed by atoms with van der Waals surface area (Å²) >= 11 is 0. The number of hydrogen-bond acceptors (Lipinski definition) is 10. The van der Waals surface area contributed by atoms with Gasteiger partial charge in [0.2, 0.25) is 5.91 Å². The zero-order valence-corrected chi connectivity index (χ0v) is 30.2. The lowest BCUT2D eigenvalue weighted by Crippen LogP contribution is -2.62. The minimum atomic E-state index is -1.47. The number of nitrogens with zero attached hydrogens (tertiary/aromatic N) is 6. The number of pyridine rings is 1. The van der Waals surface area contributed by atoms with E-state index in [1.54, 1.807) is 41.6 Å². The lowest BCUT2D eigenvalue weighted by Gasteiger charge is -2.45. The van der Waals surface area contributed by atoms with Crippen molar-refractivity contribution >= 4 is 25.6 Å². The highest BCUT2D eigenvalue weighted by Gasteiger charge is 2.59. The van der Waals surface area contributed by atoms with Crippen molar-refractivity contribution in [3.05, 3.63) is 30.6 Å². The molecule has 14 heteroatoms. The first kappa shape index (κ1) is 38.4. The lowest BCUT2D eigenvalue weighted by molar-refractivity contribution is -0.210. The van der Waals surface area contributed by atoms with Crippen LogP contribution in [0.5, 0.6) is 0 Å². The molecule has 0 saturated carbocycles. The van der Waals surface area contributed by atoms with Crippen LogP contribution in [0, 0.1) is 11.8 Å². The standard InChI is InChI=1S/C35H53BN6O7/c1-9-30-35(7)31(41(33(46)49-35)17-13-12-16-40-21-27(38-39-40)26-14-10-11-15-37-26)24(4)42(25(5)43)20-22(2)19-34(6,47-8)29(36)18-28(44)23(3)32(45)48-30/h10-11,14-15,21-24,29-32,45H,9,12-13,16-20H2,1-8H3/t22-,23-,24-,29-,30-,31-,32?,34-,35-/m1/s1. The fraction of sp³-hybridized carbons (Fsp3) is 0.714. The Hall–Kier alpha value is -3.36. The molecule has 1 unspecified atom stereocenters. The van der Waals surface area contributed by atoms with E-state index in [0.717, 1.165) is 5.69 Å². The van der Waals surface area contributed by atoms with E-state index in [9.17, 15) is 19.5 Å². The first-order valence-corrected chi connectivity index (χ1v) is 17.4. The van der Waals surface area contributed by atoms with Crippen molar-refractivity contribution in [1.29, 1.82) is 0 Å². The van der Waals surface area contributed by atoms with Crippen molar-refractivity contribution in [3.63, 3.8) is 0 Å². The Bertz CT molecular complexity index is 1430. The highest BCUT2D eigenvalue weighted by atomic mass is 16.6. The number of ketones is 1. The van der Waals surface area contributed by atoms with Crippen molar-refractivity contribution in [2.45, 2.75) is 129 Å². The maximum atomic E-state index is 13.7. The lowest BCUT2D eigenvalue weighted by atomic mass is 9.67. The molecule has 2 aliphatic rings. The zero-order valence-electron chi connectivity index (χ0n) is 30.2. The van der Waals surface area contributed by atoms with E-state index in [2.05, 4.69) is 15.3 Å². The number of aryl methyl sites for hydroxylation is 1. The van der Waals surface area contributed by atoms with Crippen LogP contribution in [0.15, 0.2) is 30.6 Å². The van der Waals surface area contributed by atoms with Gasteiger partial charge in [0.05, 0.1) is 43.3 Å². The van der Waals surface area contributed by atoms with Crippen LogP contribution >= 0.6 is 0 Å². The van der Waals surface area contributed by atoms with E-state index in [1.807, 2.05) is 52.1 Å². The van der Waals surface area contributed by atoms with Gasteiger partial charge in [-0.05, 0) is 70.3 Å². The number of methoxy groups -OCH3 is 1. The highest BCUT2D eigenvalue weighted by molar-refractivity contribution is 6.14. The fourth-order valence-corrected chi connectivity index (χ4v) is 7.48. The number of amides is 2. The van der Waals surface area contributed by atoms with Gasteiger partial charge < -0.3 is 24.2 Å². The maximum Gasteiger partial charge on any atom is 0.410 e. The number of ether oxygens (including phenoxy) is 3. The summed E-state index contributed by atoms with van der Waals surface area (Å²) in [6, 6.07) is 4.50. The van der Waals surface area contributed by atoms with E-state index >= 15 is 0 Å². The van der Waals surface area contributed by atoms with Gasteiger partial charge in [-0.25, -0.2) is 4.79 Å². The number of aromatic nitrogens is 4. The van der Waals surface area contributed by atoms with Crippen LogP contribution in [-0.2, 0) is 30.3 Å². The molecular weight excluding hydrogens is 627 g/mol. The SMILES string of the molecule is [B][C@@H]1CC(=O)[C@@H](C)C(O)O[C@H](CC)[C@@]2(C)OC(=O)N(CCCCn3cc(-c4ccccn4)nn3)[C@@H]2[C@@H](C)N(C(C)=O)C[C@H](C)C[C@@]1(C)OC. The third kappa shape index (κ3) is 8.52. The minimum absolute atomic E-state index is 0.0238. The van der Waals surface area contributed by atoms with Crippen LogP contribution < -0.4 is 0 Å². The number of hydrogen-bond donors (Lipinski definition) is 1. The number of carbonyl (C=O) groups excluding carboxylic acids is 3. The predicted molar refractivity (Wildman–Crippen MR) is 183 cm³/mol. The van der Waals surface area contributed by atoms with Gasteiger partial charge in [0.25, 0.3) is 0 Å². The topological polar surface area (TPSA) is 149 Å². The van der Waals surface area contributed by atoms with E-state index in [4.69, 9.17) is 22.1 Å². The molecule has 2 aliphatic heterocycles. The first-order chi connectivity index (χ1) is 23.1. The van der Waals surface area contributed by atoms with Gasteiger partial charge in [-0.3, -0.25) is 24.2 Å². The fourth-order valence-electron chi connectivity index (χ4n) is 7.48. The number of fused-ring (bicyclic) bond motifs is 1. The van der Waals surface area contributed by atoms with E-state index in [0.29, 0.717) is 51.0 Å². The van der Waals surface area contributed by atoms with Gasteiger partial charge in [0.1, 0.15) is 17.6 Å². The Balaban J connectivity index is 1.62. The van der Waals surface area contributed by atoms with Crippen molar-refractivity contribution in [2.24, 2.45) is 11.8 Å². The van der Waals surface area contributed by atoms with Crippen LogP contribution in [0.2, 0.25) is 5.82 Å². The van der Waals surface area contributed by atoms with Crippen LogP contribution in [0.25, 0.3) is 11.4 Å². The molecule has 2 amide bonds. The Morgan fingerprint density at radius 3 is 2.49 bits per heavy atom. The van der Waals surface area contributed by atoms with Gasteiger partial charge in [-0.15, -0.1) is 5.10 Å². The van der Waals surface area contributed by atoms with Crippen molar-refractivity contribution in [3.8, 4) is 11.4 Å². The van der Waals surface area contributed by atoms with Crippen molar-refractivity contribution in [1.82, 2.24) is 29.8 Å². The maximum absolute atomic E-state index is 13.7. The largest absolute Gasteiger partial charge is 0.438 e. The van der Waals surface area contributed by atoms with Gasteiger partial charge in [0, 0.05) is 46.3 Å². The molecule has 49 heavy (non-hydrogen) atoms. The van der Waals surface area contributed by atoms with Gasteiger partial charge in [-0.2, -0.15) is 0 Å². The summed E-state index contributed by atoms with van der Waals surface area (Å²) in [5.74, 6) is -2.02. The number of aliphatic hydroxyl groups is 1. The van der Waals surface area contributed by atoms with Crippen LogP contribution in [0.3, 0.4) is 0 Å². The van der Waals surface area contributed by atoms with E-state index in [1.165, 1.54) is 6.92 Å². The molecule has 0 aliphatic carbocycles. The number of Topliss-reactive ketones (excluding diaryl/α,β-unsaturated/α-hetero) is 1. The smallest absolute Gasteiger partial charge is 0.410 e. The molecule has 2 saturated heterocycles. The number of aliphatic hydroxyl groups excluding tert-OH is 1. The first-order valence-electron chi connectivity index (χ1n) is 17.4. The summed E-state index contributed by atoms with van der Waals surface area (Å²) in [6.45, 7) is 13.9. The molecule has 2 fully saturated rings. The molecule has 4 heterocycles. The molecule has 2 radical (unpaired) electrons. The van der Waals surface area contributed by atoms with Crippen LogP contribution in [-0.4, -0.2) is 116 Å². The van der Waals surface area contributed by atoms with Gasteiger partial charge >= 0.3 is 6.09 Å². The third-order valence-corrected chi connectivity index (χ3v) is 10.5. The van der Waals surface area contributed by atoms with Gasteiger partial charge in [0.15, 0.2) is 11.9 Å². The molecule has 0 bridgehead atoms. The number of carbonyl (C=O) groups is 3. The molecule has 2 aromatic heterocycles. The zero-order chi connectivity index (χ0) is 36.1. The van der Waals surface area contributed by atoms with Crippen LogP contribution in [0.1, 0.15) is 80.6 Å². The Labute approximate surface area is 291 Å². The highest BCUT2D eigenvalue weighted by Crippen LogP contribution is 2.41. The number of rotatable bonds is 8. The molecule has 0 spiro atoms. The Kier molecular flexibility index (Phi) is 12.6. The average molecular weight is 681 g/mol. The summed E-state index contributed by atoms with van der Waals surface area (Å²) in [4.78, 5) is 48.2. The normalized spacial score (nSPS) is 33.4. The Morgan fingerprint density at radius 2 is 1.86 bits per heavy atom. The molecule has 13 nitrogen and oxygen atoms in total. The molecule has 2 aromatic rings. The third-order valence-electron chi connectivity index (χ3n) is 10.5. The van der Waals surface area contributed by atoms with Crippen LogP contribution in [0.4, 0.5) is 4.79 Å². The quantitative estimate of drug-likeness (QED) is 0.320. The molecular formula is C35H53BN6O7. The number of unbranched alkanes of at least 4 members (excludes halogenated alkanes) is 1. The second kappa shape index (κ2) is 16.1. The van der Waals surface area contributed by atoms with Gasteiger partial charge in [-0.1, -0.05) is 32.1 Å². The molecule has 0 aromatic carbocycles. The summed E-state index contributed by atoms with van der Waals surface area (Å²) in [6.07, 6.45) is 2.93. The molecule has 268 valence electrons. The minimum Gasteiger partial charge on any atom is -0.438 e. The van der Waals surface area contributed by atoms with E-state index < -0.39 is 53.5 Å².